The quantitative estimate of drug-likeness (QED) is 0.454. The summed E-state index contributed by atoms with van der Waals surface area (Å²) in [4.78, 5) is 15.4. The number of aromatic nitrogens is 3. The van der Waals surface area contributed by atoms with Crippen molar-refractivity contribution in [2.24, 2.45) is 0 Å². The number of aliphatic hydroxyl groups is 1. The first-order chi connectivity index (χ1) is 17.4. The number of thiazole rings is 1. The molecule has 36 heavy (non-hydrogen) atoms. The number of fused-ring (bicyclic) bond motifs is 1. The maximum atomic E-state index is 12.4. The highest BCUT2D eigenvalue weighted by atomic mass is 35.5. The SMILES string of the molecule is O=S(=O)(CCCO)N1CC=C(c2ccc3nc(OC4CCN(c5ncc(Cl)cn5)CC4)sc3c2)CC1. The molecule has 0 saturated carbocycles. The van der Waals surface area contributed by atoms with Crippen molar-refractivity contribution in [1.82, 2.24) is 19.3 Å². The van der Waals surface area contributed by atoms with E-state index in [1.54, 1.807) is 12.4 Å². The molecule has 0 atom stereocenters. The van der Waals surface area contributed by atoms with E-state index in [9.17, 15) is 8.42 Å². The van der Waals surface area contributed by atoms with Crippen LogP contribution in [0.4, 0.5) is 5.95 Å². The molecule has 0 bridgehead atoms. The summed E-state index contributed by atoms with van der Waals surface area (Å²) in [6, 6.07) is 6.15. The van der Waals surface area contributed by atoms with Crippen molar-refractivity contribution in [3.63, 3.8) is 0 Å². The number of ether oxygens (including phenoxy) is 1. The Morgan fingerprint density at radius 1 is 1.17 bits per heavy atom. The zero-order valence-corrected chi connectivity index (χ0v) is 22.1. The third-order valence-electron chi connectivity index (χ3n) is 6.46. The molecular formula is C24H28ClN5O4S2. The van der Waals surface area contributed by atoms with E-state index in [1.165, 1.54) is 15.6 Å². The molecule has 0 unspecified atom stereocenters. The van der Waals surface area contributed by atoms with Gasteiger partial charge in [0.2, 0.25) is 16.0 Å². The first kappa shape index (κ1) is 25.3. The molecular weight excluding hydrogens is 522 g/mol. The topological polar surface area (TPSA) is 109 Å². The minimum atomic E-state index is -3.33. The summed E-state index contributed by atoms with van der Waals surface area (Å²) in [6.07, 6.45) is 7.94. The van der Waals surface area contributed by atoms with E-state index in [0.29, 0.717) is 35.7 Å². The standard InChI is InChI=1S/C24H28ClN5O4S2/c25-19-15-26-23(27-16-19)29-8-6-20(7-9-29)34-24-28-21-3-2-18(14-22(21)35-24)17-4-10-30(11-5-17)36(32,33)13-1-12-31/h2-4,14-16,20,31H,1,5-13H2. The fourth-order valence-electron chi connectivity index (χ4n) is 4.48. The second-order valence-electron chi connectivity index (χ2n) is 8.90. The fourth-order valence-corrected chi connectivity index (χ4v) is 6.92. The second-order valence-corrected chi connectivity index (χ2v) is 12.4. The van der Waals surface area contributed by atoms with Crippen LogP contribution in [0.25, 0.3) is 15.8 Å². The van der Waals surface area contributed by atoms with Crippen LogP contribution in [0.2, 0.25) is 5.02 Å². The molecule has 2 aromatic heterocycles. The van der Waals surface area contributed by atoms with Gasteiger partial charge in [0.1, 0.15) is 6.10 Å². The first-order valence-electron chi connectivity index (χ1n) is 12.0. The largest absolute Gasteiger partial charge is 0.467 e. The summed E-state index contributed by atoms with van der Waals surface area (Å²) < 4.78 is 33.5. The normalized spacial score (nSPS) is 17.9. The summed E-state index contributed by atoms with van der Waals surface area (Å²) >= 11 is 7.42. The third-order valence-corrected chi connectivity index (χ3v) is 9.49. The lowest BCUT2D eigenvalue weighted by molar-refractivity contribution is 0.170. The highest BCUT2D eigenvalue weighted by Gasteiger charge is 2.25. The molecule has 1 saturated heterocycles. The van der Waals surface area contributed by atoms with Gasteiger partial charge in [-0.05, 0) is 36.1 Å². The minimum Gasteiger partial charge on any atom is -0.467 e. The molecule has 0 amide bonds. The van der Waals surface area contributed by atoms with Crippen molar-refractivity contribution in [1.29, 1.82) is 0 Å². The number of benzene rings is 1. The Hall–Kier alpha value is -2.31. The van der Waals surface area contributed by atoms with Crippen molar-refractivity contribution in [2.45, 2.75) is 31.8 Å². The van der Waals surface area contributed by atoms with Crippen molar-refractivity contribution in [3.8, 4) is 5.19 Å². The molecule has 1 aromatic carbocycles. The molecule has 0 spiro atoms. The Morgan fingerprint density at radius 3 is 2.64 bits per heavy atom. The third kappa shape index (κ3) is 5.81. The highest BCUT2D eigenvalue weighted by molar-refractivity contribution is 7.89. The summed E-state index contributed by atoms with van der Waals surface area (Å²) in [7, 11) is -3.33. The predicted molar refractivity (Wildman–Crippen MR) is 142 cm³/mol. The maximum Gasteiger partial charge on any atom is 0.274 e. The molecule has 0 radical (unpaired) electrons. The molecule has 1 fully saturated rings. The lowest BCUT2D eigenvalue weighted by atomic mass is 10.0. The van der Waals surface area contributed by atoms with Crippen LogP contribution in [0.15, 0.2) is 36.7 Å². The smallest absolute Gasteiger partial charge is 0.274 e. The zero-order valence-electron chi connectivity index (χ0n) is 19.7. The van der Waals surface area contributed by atoms with E-state index < -0.39 is 10.0 Å². The molecule has 5 rings (SSSR count). The van der Waals surface area contributed by atoms with Gasteiger partial charge in [0.05, 0.1) is 33.4 Å². The van der Waals surface area contributed by atoms with Crippen molar-refractivity contribution in [2.75, 3.05) is 43.4 Å². The van der Waals surface area contributed by atoms with Crippen LogP contribution in [0.1, 0.15) is 31.2 Å². The molecule has 2 aliphatic rings. The van der Waals surface area contributed by atoms with Gasteiger partial charge in [-0.15, -0.1) is 0 Å². The Kier molecular flexibility index (Phi) is 7.73. The Bertz CT molecular complexity index is 1340. The molecule has 4 heterocycles. The van der Waals surface area contributed by atoms with Crippen molar-refractivity contribution in [3.05, 3.63) is 47.3 Å². The molecule has 3 aromatic rings. The Morgan fingerprint density at radius 2 is 1.94 bits per heavy atom. The number of hydrogen-bond donors (Lipinski definition) is 1. The molecule has 9 nitrogen and oxygen atoms in total. The van der Waals surface area contributed by atoms with Crippen LogP contribution in [0.5, 0.6) is 5.19 Å². The number of nitrogens with zero attached hydrogens (tertiary/aromatic N) is 5. The van der Waals surface area contributed by atoms with Gasteiger partial charge in [0, 0.05) is 45.6 Å². The fraction of sp³-hybridized carbons (Fsp3) is 0.458. The first-order valence-corrected chi connectivity index (χ1v) is 14.8. The van der Waals surface area contributed by atoms with Crippen molar-refractivity contribution >= 4 is 54.7 Å². The lowest BCUT2D eigenvalue weighted by Crippen LogP contribution is -2.39. The summed E-state index contributed by atoms with van der Waals surface area (Å²) in [5, 5.41) is 10.1. The zero-order chi connectivity index (χ0) is 25.1. The number of sulfonamides is 1. The van der Waals surface area contributed by atoms with Gasteiger partial charge in [-0.1, -0.05) is 35.1 Å². The van der Waals surface area contributed by atoms with E-state index in [1.807, 2.05) is 18.2 Å². The van der Waals surface area contributed by atoms with Gasteiger partial charge in [-0.2, -0.15) is 4.31 Å². The van der Waals surface area contributed by atoms with Crippen LogP contribution in [-0.2, 0) is 10.0 Å². The average Bonchev–Trinajstić information content (AvgIpc) is 3.30. The van der Waals surface area contributed by atoms with E-state index in [0.717, 1.165) is 47.3 Å². The number of aliphatic hydroxyl groups excluding tert-OH is 1. The number of rotatable bonds is 8. The summed E-state index contributed by atoms with van der Waals surface area (Å²) in [5.74, 6) is 0.671. The number of halogens is 1. The van der Waals surface area contributed by atoms with Crippen LogP contribution in [0.3, 0.4) is 0 Å². The number of anilines is 1. The molecule has 192 valence electrons. The van der Waals surface area contributed by atoms with Crippen LogP contribution >= 0.6 is 22.9 Å². The average molecular weight is 550 g/mol. The van der Waals surface area contributed by atoms with Gasteiger partial charge in [0.25, 0.3) is 5.19 Å². The minimum absolute atomic E-state index is 0.0177. The Balaban J connectivity index is 1.20. The van der Waals surface area contributed by atoms with E-state index >= 15 is 0 Å². The number of piperidine rings is 1. The van der Waals surface area contributed by atoms with Crippen LogP contribution in [0, 0.1) is 0 Å². The Labute approximate surface area is 219 Å². The van der Waals surface area contributed by atoms with Gasteiger partial charge in [0.15, 0.2) is 0 Å². The monoisotopic (exact) mass is 549 g/mol. The van der Waals surface area contributed by atoms with Gasteiger partial charge < -0.3 is 14.7 Å². The van der Waals surface area contributed by atoms with E-state index in [-0.39, 0.29) is 24.9 Å². The summed E-state index contributed by atoms with van der Waals surface area (Å²) in [5.41, 5.74) is 3.12. The maximum absolute atomic E-state index is 12.4. The molecule has 1 N–H and O–H groups in total. The molecule has 0 aliphatic carbocycles. The van der Waals surface area contributed by atoms with Crippen molar-refractivity contribution < 1.29 is 18.3 Å². The van der Waals surface area contributed by atoms with Gasteiger partial charge in [-0.25, -0.2) is 23.4 Å². The van der Waals surface area contributed by atoms with Crippen LogP contribution < -0.4 is 9.64 Å². The van der Waals surface area contributed by atoms with Gasteiger partial charge >= 0.3 is 0 Å². The lowest BCUT2D eigenvalue weighted by Gasteiger charge is -2.31. The van der Waals surface area contributed by atoms with E-state index in [2.05, 4.69) is 25.9 Å². The second kappa shape index (κ2) is 11.0. The van der Waals surface area contributed by atoms with Gasteiger partial charge in [-0.3, -0.25) is 0 Å². The highest BCUT2D eigenvalue weighted by Crippen LogP contribution is 2.33. The summed E-state index contributed by atoms with van der Waals surface area (Å²) in [6.45, 7) is 2.31. The molecule has 12 heteroatoms. The van der Waals surface area contributed by atoms with E-state index in [4.69, 9.17) is 21.4 Å². The molecule has 2 aliphatic heterocycles. The number of hydrogen-bond acceptors (Lipinski definition) is 9. The van der Waals surface area contributed by atoms with Crippen LogP contribution in [-0.4, -0.2) is 77.4 Å². The predicted octanol–water partition coefficient (Wildman–Crippen LogP) is 3.59.